The Morgan fingerprint density at radius 1 is 1.55 bits per heavy atom. The fourth-order valence-electron chi connectivity index (χ4n) is 2.82. The molecule has 0 bridgehead atoms. The van der Waals surface area contributed by atoms with Gasteiger partial charge >= 0.3 is 0 Å². The zero-order valence-corrected chi connectivity index (χ0v) is 12.6. The van der Waals surface area contributed by atoms with E-state index in [2.05, 4.69) is 11.4 Å². The van der Waals surface area contributed by atoms with E-state index in [0.29, 0.717) is 13.1 Å². The van der Waals surface area contributed by atoms with Crippen molar-refractivity contribution < 1.29 is 4.79 Å². The molecule has 3 N–H and O–H groups in total. The van der Waals surface area contributed by atoms with Gasteiger partial charge in [0.1, 0.15) is 5.82 Å². The van der Waals surface area contributed by atoms with Crippen molar-refractivity contribution >= 4 is 11.7 Å². The average Bonchev–Trinajstić information content (AvgIpc) is 2.91. The number of hydrogen-bond acceptors (Lipinski definition) is 4. The Hall–Kier alpha value is -1.62. The number of nitrogens with one attached hydrogen (secondary N) is 1. The lowest BCUT2D eigenvalue weighted by Gasteiger charge is -2.24. The molecule has 110 valence electrons. The van der Waals surface area contributed by atoms with E-state index in [1.165, 1.54) is 17.7 Å². The SMILES string of the molecule is CNC(=O)C(C)CN(C)c1nc2c(cc1CN)CCC2. The van der Waals surface area contributed by atoms with Crippen LogP contribution in [0.5, 0.6) is 0 Å². The number of carbonyl (C=O) groups is 1. The number of amides is 1. The van der Waals surface area contributed by atoms with Crippen LogP contribution in [0.4, 0.5) is 5.82 Å². The molecule has 5 nitrogen and oxygen atoms in total. The molecule has 1 aliphatic rings. The van der Waals surface area contributed by atoms with Gasteiger partial charge in [0, 0.05) is 38.4 Å². The lowest BCUT2D eigenvalue weighted by atomic mass is 10.1. The van der Waals surface area contributed by atoms with Gasteiger partial charge in [0.15, 0.2) is 0 Å². The lowest BCUT2D eigenvalue weighted by Crippen LogP contribution is -2.35. The number of pyridine rings is 1. The summed E-state index contributed by atoms with van der Waals surface area (Å²) >= 11 is 0. The summed E-state index contributed by atoms with van der Waals surface area (Å²) in [6.07, 6.45) is 3.33. The first-order valence-corrected chi connectivity index (χ1v) is 7.21. The van der Waals surface area contributed by atoms with E-state index in [0.717, 1.165) is 24.2 Å². The summed E-state index contributed by atoms with van der Waals surface area (Å²) in [7, 11) is 3.64. The summed E-state index contributed by atoms with van der Waals surface area (Å²) in [5.41, 5.74) is 9.45. The van der Waals surface area contributed by atoms with Crippen LogP contribution in [0.3, 0.4) is 0 Å². The standard InChI is InChI=1S/C15H24N4O/c1-10(15(20)17-2)9-19(3)14-12(8-16)7-11-5-4-6-13(11)18-14/h7,10H,4-6,8-9,16H2,1-3H3,(H,17,20). The van der Waals surface area contributed by atoms with Gasteiger partial charge in [-0.3, -0.25) is 4.79 Å². The maximum atomic E-state index is 11.6. The summed E-state index contributed by atoms with van der Waals surface area (Å²) in [6, 6.07) is 2.19. The molecule has 0 saturated heterocycles. The number of nitrogens with zero attached hydrogens (tertiary/aromatic N) is 2. The van der Waals surface area contributed by atoms with E-state index < -0.39 is 0 Å². The predicted molar refractivity (Wildman–Crippen MR) is 80.7 cm³/mol. The highest BCUT2D eigenvalue weighted by atomic mass is 16.1. The molecule has 5 heteroatoms. The van der Waals surface area contributed by atoms with Gasteiger partial charge in [-0.05, 0) is 30.9 Å². The number of hydrogen-bond donors (Lipinski definition) is 2. The molecule has 20 heavy (non-hydrogen) atoms. The average molecular weight is 276 g/mol. The van der Waals surface area contributed by atoms with Gasteiger partial charge in [0.2, 0.25) is 5.91 Å². The van der Waals surface area contributed by atoms with Crippen LogP contribution in [-0.4, -0.2) is 31.5 Å². The number of fused-ring (bicyclic) bond motifs is 1. The van der Waals surface area contributed by atoms with Crippen molar-refractivity contribution in [3.05, 3.63) is 22.9 Å². The summed E-state index contributed by atoms with van der Waals surface area (Å²) in [5, 5.41) is 2.68. The van der Waals surface area contributed by atoms with Crippen molar-refractivity contribution in [2.45, 2.75) is 32.7 Å². The van der Waals surface area contributed by atoms with Crippen LogP contribution in [0.25, 0.3) is 0 Å². The number of nitrogens with two attached hydrogens (primary N) is 1. The highest BCUT2D eigenvalue weighted by molar-refractivity contribution is 5.78. The molecule has 0 aliphatic heterocycles. The first-order valence-electron chi connectivity index (χ1n) is 7.21. The molecule has 1 unspecified atom stereocenters. The van der Waals surface area contributed by atoms with Crippen LogP contribution in [-0.2, 0) is 24.2 Å². The summed E-state index contributed by atoms with van der Waals surface area (Å²) in [4.78, 5) is 18.5. The second-order valence-corrected chi connectivity index (χ2v) is 5.53. The van der Waals surface area contributed by atoms with Crippen molar-refractivity contribution in [3.63, 3.8) is 0 Å². The molecule has 1 aromatic rings. The van der Waals surface area contributed by atoms with Crippen LogP contribution >= 0.6 is 0 Å². The molecule has 0 fully saturated rings. The minimum atomic E-state index is -0.0781. The van der Waals surface area contributed by atoms with Gasteiger partial charge in [0.25, 0.3) is 0 Å². The Bertz CT molecular complexity index is 501. The maximum Gasteiger partial charge on any atom is 0.224 e. The molecule has 2 rings (SSSR count). The minimum absolute atomic E-state index is 0.0484. The van der Waals surface area contributed by atoms with Crippen molar-refractivity contribution in [1.82, 2.24) is 10.3 Å². The van der Waals surface area contributed by atoms with Gasteiger partial charge < -0.3 is 16.0 Å². The van der Waals surface area contributed by atoms with Crippen LogP contribution in [0.1, 0.15) is 30.2 Å². The van der Waals surface area contributed by atoms with Crippen LogP contribution in [0.15, 0.2) is 6.07 Å². The molecule has 1 heterocycles. The van der Waals surface area contributed by atoms with Crippen LogP contribution in [0.2, 0.25) is 0 Å². The van der Waals surface area contributed by atoms with E-state index in [9.17, 15) is 4.79 Å². The second-order valence-electron chi connectivity index (χ2n) is 5.53. The fourth-order valence-corrected chi connectivity index (χ4v) is 2.82. The van der Waals surface area contributed by atoms with E-state index >= 15 is 0 Å². The topological polar surface area (TPSA) is 71.2 Å². The molecule has 1 amide bonds. The molecule has 0 aromatic carbocycles. The second kappa shape index (κ2) is 6.22. The number of aryl methyl sites for hydroxylation is 2. The monoisotopic (exact) mass is 276 g/mol. The number of aromatic nitrogens is 1. The van der Waals surface area contributed by atoms with Gasteiger partial charge in [-0.2, -0.15) is 0 Å². The van der Waals surface area contributed by atoms with Gasteiger partial charge in [-0.25, -0.2) is 4.98 Å². The molecule has 0 radical (unpaired) electrons. The molecule has 1 aliphatic carbocycles. The van der Waals surface area contributed by atoms with E-state index in [4.69, 9.17) is 10.7 Å². The smallest absolute Gasteiger partial charge is 0.224 e. The number of anilines is 1. The largest absolute Gasteiger partial charge is 0.359 e. The Kier molecular flexibility index (Phi) is 4.60. The Balaban J connectivity index is 2.20. The minimum Gasteiger partial charge on any atom is -0.359 e. The van der Waals surface area contributed by atoms with Crippen molar-refractivity contribution in [2.24, 2.45) is 11.7 Å². The van der Waals surface area contributed by atoms with Gasteiger partial charge in [-0.1, -0.05) is 6.92 Å². The van der Waals surface area contributed by atoms with Gasteiger partial charge in [-0.15, -0.1) is 0 Å². The van der Waals surface area contributed by atoms with Crippen LogP contribution < -0.4 is 16.0 Å². The number of carbonyl (C=O) groups excluding carboxylic acids is 1. The van der Waals surface area contributed by atoms with Crippen molar-refractivity contribution in [1.29, 1.82) is 0 Å². The molecule has 1 aromatic heterocycles. The Labute approximate surface area is 120 Å². The normalized spacial score (nSPS) is 14.8. The fraction of sp³-hybridized carbons (Fsp3) is 0.600. The lowest BCUT2D eigenvalue weighted by molar-refractivity contribution is -0.123. The summed E-state index contributed by atoms with van der Waals surface area (Å²) < 4.78 is 0. The third kappa shape index (κ3) is 2.93. The maximum absolute atomic E-state index is 11.6. The summed E-state index contributed by atoms with van der Waals surface area (Å²) in [5.74, 6) is 0.891. The first kappa shape index (κ1) is 14.8. The molecule has 0 spiro atoms. The van der Waals surface area contributed by atoms with Crippen LogP contribution in [0, 0.1) is 5.92 Å². The molecule has 1 atom stereocenters. The third-order valence-electron chi connectivity index (χ3n) is 3.93. The molecular weight excluding hydrogens is 252 g/mol. The quantitative estimate of drug-likeness (QED) is 0.836. The Morgan fingerprint density at radius 2 is 2.30 bits per heavy atom. The highest BCUT2D eigenvalue weighted by Gasteiger charge is 2.20. The first-order chi connectivity index (χ1) is 9.56. The molecule has 0 saturated carbocycles. The Morgan fingerprint density at radius 3 is 2.95 bits per heavy atom. The zero-order chi connectivity index (χ0) is 14.7. The predicted octanol–water partition coefficient (Wildman–Crippen LogP) is 0.847. The third-order valence-corrected chi connectivity index (χ3v) is 3.93. The molecular formula is C15H24N4O. The van der Waals surface area contributed by atoms with E-state index in [-0.39, 0.29) is 11.8 Å². The van der Waals surface area contributed by atoms with Crippen molar-refractivity contribution in [2.75, 3.05) is 25.5 Å². The van der Waals surface area contributed by atoms with E-state index in [1.807, 2.05) is 18.9 Å². The highest BCUT2D eigenvalue weighted by Crippen LogP contribution is 2.27. The zero-order valence-electron chi connectivity index (χ0n) is 12.6. The van der Waals surface area contributed by atoms with Crippen molar-refractivity contribution in [3.8, 4) is 0 Å². The summed E-state index contributed by atoms with van der Waals surface area (Å²) in [6.45, 7) is 3.04. The van der Waals surface area contributed by atoms with Gasteiger partial charge in [0.05, 0.1) is 5.92 Å². The van der Waals surface area contributed by atoms with E-state index in [1.54, 1.807) is 7.05 Å². The number of rotatable bonds is 5.